The Morgan fingerprint density at radius 2 is 2.00 bits per heavy atom. The highest BCUT2D eigenvalue weighted by Gasteiger charge is 2.18. The zero-order valence-electron chi connectivity index (χ0n) is 6.38. The van der Waals surface area contributed by atoms with Crippen molar-refractivity contribution < 1.29 is 14.4 Å². The van der Waals surface area contributed by atoms with Crippen molar-refractivity contribution in [3.8, 4) is 0 Å². The quantitative estimate of drug-likeness (QED) is 0.578. The van der Waals surface area contributed by atoms with Gasteiger partial charge in [-0.25, -0.2) is 4.39 Å². The monoisotopic (exact) mass is 280 g/mol. The van der Waals surface area contributed by atoms with E-state index in [9.17, 15) is 4.39 Å². The van der Waals surface area contributed by atoms with Crippen LogP contribution in [-0.4, -0.2) is 17.2 Å². The van der Waals surface area contributed by atoms with Gasteiger partial charge in [0.15, 0.2) is 0 Å². The first-order chi connectivity index (χ1) is 5.52. The molecule has 0 atom stereocenters. The Labute approximate surface area is 83.7 Å². The van der Waals surface area contributed by atoms with E-state index in [1.54, 1.807) is 13.0 Å². The lowest BCUT2D eigenvalue weighted by Gasteiger charge is -2.04. The van der Waals surface area contributed by atoms with Crippen LogP contribution in [-0.2, 0) is 0 Å². The van der Waals surface area contributed by atoms with Gasteiger partial charge in [-0.05, 0) is 35.6 Å². The standard InChI is InChI=1S/C7H7BFIO2/c1-4-2-5(8(11)12)7(9)6(10)3-4/h2-3,11-12H,1H3. The summed E-state index contributed by atoms with van der Waals surface area (Å²) in [6.07, 6.45) is 0. The van der Waals surface area contributed by atoms with Crippen LogP contribution in [0.3, 0.4) is 0 Å². The minimum Gasteiger partial charge on any atom is -0.423 e. The SMILES string of the molecule is Cc1cc(I)c(F)c(B(O)O)c1. The molecule has 0 spiro atoms. The van der Waals surface area contributed by atoms with Gasteiger partial charge < -0.3 is 10.0 Å². The van der Waals surface area contributed by atoms with Gasteiger partial charge in [0.1, 0.15) is 5.82 Å². The fraction of sp³-hybridized carbons (Fsp3) is 0.143. The average molecular weight is 280 g/mol. The summed E-state index contributed by atoms with van der Waals surface area (Å²) in [5.41, 5.74) is 0.739. The number of halogens is 2. The molecular weight excluding hydrogens is 273 g/mol. The largest absolute Gasteiger partial charge is 0.491 e. The van der Waals surface area contributed by atoms with Crippen molar-refractivity contribution in [2.24, 2.45) is 0 Å². The highest BCUT2D eigenvalue weighted by Crippen LogP contribution is 2.10. The Hall–Kier alpha value is -0.135. The smallest absolute Gasteiger partial charge is 0.423 e. The van der Waals surface area contributed by atoms with E-state index < -0.39 is 12.9 Å². The summed E-state index contributed by atoms with van der Waals surface area (Å²) in [4.78, 5) is 0. The van der Waals surface area contributed by atoms with Crippen LogP contribution in [0.25, 0.3) is 0 Å². The summed E-state index contributed by atoms with van der Waals surface area (Å²) >= 11 is 1.81. The zero-order valence-corrected chi connectivity index (χ0v) is 8.54. The van der Waals surface area contributed by atoms with Gasteiger partial charge in [-0.2, -0.15) is 0 Å². The number of aryl methyl sites for hydroxylation is 1. The van der Waals surface area contributed by atoms with E-state index in [2.05, 4.69) is 0 Å². The van der Waals surface area contributed by atoms with Crippen molar-refractivity contribution in [1.29, 1.82) is 0 Å². The summed E-state index contributed by atoms with van der Waals surface area (Å²) in [5, 5.41) is 17.5. The van der Waals surface area contributed by atoms with Gasteiger partial charge in [0, 0.05) is 9.03 Å². The van der Waals surface area contributed by atoms with E-state index in [4.69, 9.17) is 10.0 Å². The van der Waals surface area contributed by atoms with Crippen molar-refractivity contribution >= 4 is 35.2 Å². The molecule has 64 valence electrons. The van der Waals surface area contributed by atoms with Gasteiger partial charge in [-0.3, -0.25) is 0 Å². The summed E-state index contributed by atoms with van der Waals surface area (Å²) in [5.74, 6) is -0.559. The average Bonchev–Trinajstić information content (AvgIpc) is 1.96. The molecule has 0 bridgehead atoms. The van der Waals surface area contributed by atoms with Crippen LogP contribution in [0.2, 0.25) is 0 Å². The number of hydrogen-bond donors (Lipinski definition) is 2. The van der Waals surface area contributed by atoms with E-state index in [0.717, 1.165) is 5.56 Å². The predicted molar refractivity (Wildman–Crippen MR) is 53.7 cm³/mol. The molecule has 1 aromatic rings. The van der Waals surface area contributed by atoms with Crippen molar-refractivity contribution in [1.82, 2.24) is 0 Å². The van der Waals surface area contributed by atoms with Crippen LogP contribution < -0.4 is 5.46 Å². The van der Waals surface area contributed by atoms with Crippen LogP contribution in [0.1, 0.15) is 5.56 Å². The van der Waals surface area contributed by atoms with Gasteiger partial charge in [0.05, 0.1) is 0 Å². The zero-order chi connectivity index (χ0) is 9.30. The summed E-state index contributed by atoms with van der Waals surface area (Å²) < 4.78 is 13.5. The van der Waals surface area contributed by atoms with Crippen LogP contribution in [0.5, 0.6) is 0 Å². The second-order valence-corrected chi connectivity index (χ2v) is 3.69. The minimum absolute atomic E-state index is 0.0700. The molecule has 0 saturated carbocycles. The third kappa shape index (κ3) is 1.96. The molecule has 0 fully saturated rings. The summed E-state index contributed by atoms with van der Waals surface area (Å²) in [6, 6.07) is 3.06. The van der Waals surface area contributed by atoms with E-state index in [1.165, 1.54) is 6.07 Å². The van der Waals surface area contributed by atoms with Crippen molar-refractivity contribution in [2.75, 3.05) is 0 Å². The predicted octanol–water partition coefficient (Wildman–Crippen LogP) is 0.419. The molecule has 0 unspecified atom stereocenters. The molecule has 0 aliphatic heterocycles. The van der Waals surface area contributed by atoms with E-state index in [1.807, 2.05) is 22.6 Å². The fourth-order valence-electron chi connectivity index (χ4n) is 0.939. The Balaban J connectivity index is 3.28. The minimum atomic E-state index is -1.74. The van der Waals surface area contributed by atoms with E-state index >= 15 is 0 Å². The van der Waals surface area contributed by atoms with Crippen LogP contribution in [0, 0.1) is 16.3 Å². The fourth-order valence-corrected chi connectivity index (χ4v) is 1.74. The number of hydrogen-bond acceptors (Lipinski definition) is 2. The summed E-state index contributed by atoms with van der Waals surface area (Å²) in [7, 11) is -1.74. The molecule has 1 rings (SSSR count). The first-order valence-electron chi connectivity index (χ1n) is 3.34. The topological polar surface area (TPSA) is 40.5 Å². The van der Waals surface area contributed by atoms with Gasteiger partial charge in [-0.1, -0.05) is 11.6 Å². The Morgan fingerprint density at radius 3 is 2.50 bits per heavy atom. The lowest BCUT2D eigenvalue weighted by molar-refractivity contribution is 0.423. The molecule has 0 aliphatic carbocycles. The van der Waals surface area contributed by atoms with Gasteiger partial charge >= 0.3 is 7.12 Å². The maximum Gasteiger partial charge on any atom is 0.491 e. The highest BCUT2D eigenvalue weighted by atomic mass is 127. The Morgan fingerprint density at radius 1 is 1.42 bits per heavy atom. The maximum atomic E-state index is 13.1. The molecule has 0 radical (unpaired) electrons. The molecule has 0 heterocycles. The van der Waals surface area contributed by atoms with E-state index in [-0.39, 0.29) is 5.46 Å². The molecule has 0 amide bonds. The van der Waals surface area contributed by atoms with E-state index in [0.29, 0.717) is 3.57 Å². The normalized spacial score (nSPS) is 10.1. The first kappa shape index (κ1) is 9.95. The van der Waals surface area contributed by atoms with Gasteiger partial charge in [0.25, 0.3) is 0 Å². The van der Waals surface area contributed by atoms with Gasteiger partial charge in [-0.15, -0.1) is 0 Å². The lowest BCUT2D eigenvalue weighted by Crippen LogP contribution is -2.33. The Kier molecular flexibility index (Phi) is 3.08. The highest BCUT2D eigenvalue weighted by molar-refractivity contribution is 14.1. The number of benzene rings is 1. The van der Waals surface area contributed by atoms with Crippen molar-refractivity contribution in [3.05, 3.63) is 27.1 Å². The third-order valence-electron chi connectivity index (χ3n) is 1.48. The van der Waals surface area contributed by atoms with Crippen molar-refractivity contribution in [2.45, 2.75) is 6.92 Å². The summed E-state index contributed by atoms with van der Waals surface area (Å²) in [6.45, 7) is 1.77. The third-order valence-corrected chi connectivity index (χ3v) is 2.26. The Bertz CT molecular complexity index is 304. The molecule has 5 heteroatoms. The molecular formula is C7H7BFIO2. The maximum absolute atomic E-state index is 13.1. The molecule has 0 aromatic heterocycles. The number of rotatable bonds is 1. The van der Waals surface area contributed by atoms with Gasteiger partial charge in [0.2, 0.25) is 0 Å². The molecule has 0 saturated heterocycles. The second-order valence-electron chi connectivity index (χ2n) is 2.52. The second kappa shape index (κ2) is 3.72. The molecule has 12 heavy (non-hydrogen) atoms. The molecule has 2 N–H and O–H groups in total. The van der Waals surface area contributed by atoms with Crippen LogP contribution in [0.15, 0.2) is 12.1 Å². The lowest BCUT2D eigenvalue weighted by atomic mass is 9.79. The van der Waals surface area contributed by atoms with Crippen molar-refractivity contribution in [3.63, 3.8) is 0 Å². The van der Waals surface area contributed by atoms with Crippen LogP contribution >= 0.6 is 22.6 Å². The molecule has 2 nitrogen and oxygen atoms in total. The molecule has 1 aromatic carbocycles. The first-order valence-corrected chi connectivity index (χ1v) is 4.42. The van der Waals surface area contributed by atoms with Crippen LogP contribution in [0.4, 0.5) is 4.39 Å². The molecule has 0 aliphatic rings.